The fourth-order valence-electron chi connectivity index (χ4n) is 2.74. The Balaban J connectivity index is 1.78. The number of benzene rings is 1. The van der Waals surface area contributed by atoms with Gasteiger partial charge in [-0.05, 0) is 55.8 Å². The molecule has 0 fully saturated rings. The first-order valence-corrected chi connectivity index (χ1v) is 11.5. The number of nitrogens with zero attached hydrogens (tertiary/aromatic N) is 7. The van der Waals surface area contributed by atoms with E-state index in [-0.39, 0.29) is 10.7 Å². The Labute approximate surface area is 196 Å². The van der Waals surface area contributed by atoms with Gasteiger partial charge in [-0.15, -0.1) is 10.2 Å². The van der Waals surface area contributed by atoms with Gasteiger partial charge in [-0.3, -0.25) is 0 Å². The van der Waals surface area contributed by atoms with Crippen molar-refractivity contribution < 1.29 is 22.7 Å². The van der Waals surface area contributed by atoms with E-state index >= 15 is 0 Å². The maximum absolute atomic E-state index is 13.0. The molecule has 0 spiro atoms. The lowest BCUT2D eigenvalue weighted by molar-refractivity contribution is 0.0406. The number of sulfonamides is 1. The van der Waals surface area contributed by atoms with Crippen LogP contribution in [0.25, 0.3) is 11.4 Å². The minimum atomic E-state index is -4.32. The van der Waals surface area contributed by atoms with Crippen LogP contribution in [0.3, 0.4) is 0 Å². The zero-order valence-corrected chi connectivity index (χ0v) is 19.9. The largest absolute Gasteiger partial charge is 0.481 e. The van der Waals surface area contributed by atoms with Crippen molar-refractivity contribution >= 4 is 16.1 Å². The number of rotatable bonds is 7. The SMILES string of the molecule is COc1ccc(Cn2nnc(-c3ccc(S(=O)(=O)N(CC#N)C(=O)OC(C)(C)C)cc3)n2)cn1. The Hall–Kier alpha value is -4.05. The van der Waals surface area contributed by atoms with Crippen molar-refractivity contribution in [3.63, 3.8) is 0 Å². The Morgan fingerprint density at radius 3 is 2.44 bits per heavy atom. The van der Waals surface area contributed by atoms with Crippen LogP contribution in [0.5, 0.6) is 5.88 Å². The first-order valence-electron chi connectivity index (χ1n) is 10.0. The van der Waals surface area contributed by atoms with Crippen LogP contribution in [-0.4, -0.2) is 63.3 Å². The third-order valence-electron chi connectivity index (χ3n) is 4.30. The molecule has 34 heavy (non-hydrogen) atoms. The second kappa shape index (κ2) is 9.84. The molecule has 0 saturated carbocycles. The molecule has 0 aliphatic rings. The van der Waals surface area contributed by atoms with E-state index in [0.29, 0.717) is 22.3 Å². The lowest BCUT2D eigenvalue weighted by Gasteiger charge is -2.25. The van der Waals surface area contributed by atoms with Gasteiger partial charge in [-0.2, -0.15) is 14.4 Å². The number of carbonyl (C=O) groups is 1. The highest BCUT2D eigenvalue weighted by Gasteiger charge is 2.33. The van der Waals surface area contributed by atoms with E-state index in [1.165, 1.54) is 36.2 Å². The molecule has 2 aromatic heterocycles. The molecule has 0 aliphatic heterocycles. The summed E-state index contributed by atoms with van der Waals surface area (Å²) in [6.45, 7) is 4.44. The molecule has 13 heteroatoms. The summed E-state index contributed by atoms with van der Waals surface area (Å²) in [5.74, 6) is 0.775. The van der Waals surface area contributed by atoms with E-state index in [4.69, 9.17) is 14.7 Å². The molecule has 0 N–H and O–H groups in total. The maximum atomic E-state index is 13.0. The fourth-order valence-corrected chi connectivity index (χ4v) is 3.94. The lowest BCUT2D eigenvalue weighted by Crippen LogP contribution is -2.41. The molecule has 0 atom stereocenters. The number of pyridine rings is 1. The molecule has 0 aliphatic carbocycles. The average Bonchev–Trinajstić information content (AvgIpc) is 3.25. The van der Waals surface area contributed by atoms with Crippen LogP contribution in [-0.2, 0) is 21.3 Å². The van der Waals surface area contributed by atoms with Crippen LogP contribution in [0.4, 0.5) is 4.79 Å². The summed E-state index contributed by atoms with van der Waals surface area (Å²) in [6.07, 6.45) is 0.509. The quantitative estimate of drug-likeness (QED) is 0.455. The highest BCUT2D eigenvalue weighted by molar-refractivity contribution is 7.89. The third-order valence-corrected chi connectivity index (χ3v) is 6.02. The van der Waals surface area contributed by atoms with Gasteiger partial charge in [0, 0.05) is 17.8 Å². The van der Waals surface area contributed by atoms with Crippen LogP contribution in [0.15, 0.2) is 47.5 Å². The van der Waals surface area contributed by atoms with Gasteiger partial charge < -0.3 is 9.47 Å². The van der Waals surface area contributed by atoms with Crippen LogP contribution >= 0.6 is 0 Å². The van der Waals surface area contributed by atoms with Gasteiger partial charge in [-0.1, -0.05) is 6.07 Å². The van der Waals surface area contributed by atoms with E-state index in [2.05, 4.69) is 20.4 Å². The Bertz CT molecular complexity index is 1290. The molecule has 0 radical (unpaired) electrons. The van der Waals surface area contributed by atoms with Gasteiger partial charge in [0.1, 0.15) is 12.1 Å². The molecular formula is C21H23N7O5S. The first-order chi connectivity index (χ1) is 16.0. The van der Waals surface area contributed by atoms with Gasteiger partial charge in [0.15, 0.2) is 0 Å². The Kier molecular flexibility index (Phi) is 7.11. The minimum absolute atomic E-state index is 0.186. The summed E-state index contributed by atoms with van der Waals surface area (Å²) in [4.78, 5) is 17.7. The number of carbonyl (C=O) groups excluding carboxylic acids is 1. The van der Waals surface area contributed by atoms with Crippen LogP contribution in [0, 0.1) is 11.3 Å². The second-order valence-electron chi connectivity index (χ2n) is 8.03. The van der Waals surface area contributed by atoms with Crippen molar-refractivity contribution in [2.24, 2.45) is 0 Å². The van der Waals surface area contributed by atoms with Gasteiger partial charge in [0.2, 0.25) is 11.7 Å². The number of hydrogen-bond acceptors (Lipinski definition) is 10. The highest BCUT2D eigenvalue weighted by atomic mass is 32.2. The number of hydrogen-bond donors (Lipinski definition) is 0. The summed E-state index contributed by atoms with van der Waals surface area (Å²) in [6, 6.07) is 10.8. The first kappa shape index (κ1) is 24.6. The van der Waals surface area contributed by atoms with Crippen molar-refractivity contribution in [3.8, 4) is 23.3 Å². The predicted octanol–water partition coefficient (Wildman–Crippen LogP) is 2.24. The van der Waals surface area contributed by atoms with Crippen molar-refractivity contribution in [3.05, 3.63) is 48.2 Å². The van der Waals surface area contributed by atoms with Gasteiger partial charge in [0.25, 0.3) is 10.0 Å². The second-order valence-corrected chi connectivity index (χ2v) is 9.89. The summed E-state index contributed by atoms with van der Waals surface area (Å²) in [5.41, 5.74) is 0.428. The maximum Gasteiger partial charge on any atom is 0.425 e. The van der Waals surface area contributed by atoms with E-state index < -0.39 is 28.3 Å². The molecule has 0 bridgehead atoms. The van der Waals surface area contributed by atoms with E-state index in [1.807, 2.05) is 6.07 Å². The molecule has 178 valence electrons. The Morgan fingerprint density at radius 2 is 1.88 bits per heavy atom. The number of tetrazole rings is 1. The highest BCUT2D eigenvalue weighted by Crippen LogP contribution is 2.22. The van der Waals surface area contributed by atoms with Crippen LogP contribution in [0.1, 0.15) is 26.3 Å². The molecule has 3 aromatic rings. The number of aromatic nitrogens is 5. The van der Waals surface area contributed by atoms with Gasteiger partial charge >= 0.3 is 6.09 Å². The predicted molar refractivity (Wildman–Crippen MR) is 119 cm³/mol. The normalized spacial score (nSPS) is 11.5. The summed E-state index contributed by atoms with van der Waals surface area (Å²) in [5, 5.41) is 21.3. The number of methoxy groups -OCH3 is 1. The molecule has 1 amide bonds. The zero-order chi connectivity index (χ0) is 24.9. The molecule has 1 aromatic carbocycles. The topological polar surface area (TPSA) is 153 Å². The fraction of sp³-hybridized carbons (Fsp3) is 0.333. The van der Waals surface area contributed by atoms with Crippen molar-refractivity contribution in [2.75, 3.05) is 13.7 Å². The standard InChI is InChI=1S/C21H23N7O5S/c1-21(2,3)33-20(29)27(12-11-22)34(30,31)17-8-6-16(7-9-17)19-24-26-28(25-19)14-15-5-10-18(32-4)23-13-15/h5-10,13H,12,14H2,1-4H3. The van der Waals surface area contributed by atoms with Crippen molar-refractivity contribution in [2.45, 2.75) is 37.8 Å². The summed E-state index contributed by atoms with van der Waals surface area (Å²) < 4.78 is 36.5. The molecular weight excluding hydrogens is 462 g/mol. The van der Waals surface area contributed by atoms with Crippen molar-refractivity contribution in [1.29, 1.82) is 5.26 Å². The van der Waals surface area contributed by atoms with Gasteiger partial charge in [-0.25, -0.2) is 18.2 Å². The van der Waals surface area contributed by atoms with Gasteiger partial charge in [0.05, 0.1) is 24.6 Å². The van der Waals surface area contributed by atoms with Crippen LogP contribution in [0.2, 0.25) is 0 Å². The molecule has 12 nitrogen and oxygen atoms in total. The molecule has 3 rings (SSSR count). The third kappa shape index (κ3) is 5.84. The number of amides is 1. The summed E-state index contributed by atoms with van der Waals surface area (Å²) >= 11 is 0. The van der Waals surface area contributed by atoms with Crippen LogP contribution < -0.4 is 4.74 Å². The smallest absolute Gasteiger partial charge is 0.425 e. The summed E-state index contributed by atoms with van der Waals surface area (Å²) in [7, 11) is -2.79. The molecule has 0 unspecified atom stereocenters. The lowest BCUT2D eigenvalue weighted by atomic mass is 10.2. The Morgan fingerprint density at radius 1 is 1.18 bits per heavy atom. The number of nitriles is 1. The molecule has 0 saturated heterocycles. The van der Waals surface area contributed by atoms with E-state index in [0.717, 1.165) is 5.56 Å². The van der Waals surface area contributed by atoms with Crippen molar-refractivity contribution in [1.82, 2.24) is 29.5 Å². The zero-order valence-electron chi connectivity index (χ0n) is 19.0. The number of ether oxygens (including phenoxy) is 2. The average molecular weight is 486 g/mol. The minimum Gasteiger partial charge on any atom is -0.481 e. The van der Waals surface area contributed by atoms with E-state index in [1.54, 1.807) is 39.1 Å². The molecule has 2 heterocycles. The monoisotopic (exact) mass is 485 g/mol. The van der Waals surface area contributed by atoms with E-state index in [9.17, 15) is 13.2 Å².